The van der Waals surface area contributed by atoms with E-state index in [1.54, 1.807) is 6.92 Å². The van der Waals surface area contributed by atoms with Crippen LogP contribution in [0.5, 0.6) is 0 Å². The Balaban J connectivity index is 2.30. The molecule has 1 amide bonds. The molecule has 1 fully saturated rings. The topological polar surface area (TPSA) is 163 Å². The zero-order valence-corrected chi connectivity index (χ0v) is 16.2. The van der Waals surface area contributed by atoms with Gasteiger partial charge in [-0.1, -0.05) is 24.2 Å². The van der Waals surface area contributed by atoms with Crippen molar-refractivity contribution in [2.24, 2.45) is 10.9 Å². The molecule has 1 atom stereocenters. The third-order valence-electron chi connectivity index (χ3n) is 4.64. The Hall–Kier alpha value is -2.98. The quantitative estimate of drug-likeness (QED) is 0.0984. The van der Waals surface area contributed by atoms with Crippen LogP contribution in [-0.2, 0) is 14.3 Å². The number of carboxylic acids is 1. The predicted molar refractivity (Wildman–Crippen MR) is 104 cm³/mol. The molecule has 1 aliphatic heterocycles. The minimum absolute atomic E-state index is 0.0556. The Kier molecular flexibility index (Phi) is 7.68. The maximum atomic E-state index is 12.7. The molecule has 0 bridgehead atoms. The van der Waals surface area contributed by atoms with Crippen molar-refractivity contribution < 1.29 is 29.4 Å². The van der Waals surface area contributed by atoms with E-state index in [2.05, 4.69) is 15.8 Å². The van der Waals surface area contributed by atoms with E-state index in [-0.39, 0.29) is 17.8 Å². The molecule has 1 heterocycles. The van der Waals surface area contributed by atoms with Crippen molar-refractivity contribution in [2.45, 2.75) is 44.4 Å². The van der Waals surface area contributed by atoms with Crippen LogP contribution in [0.1, 0.15) is 48.5 Å². The molecule has 0 radical (unpaired) electrons. The molecule has 6 N–H and O–H groups in total. The fraction of sp³-hybridized carbons (Fsp3) is 0.474. The van der Waals surface area contributed by atoms with E-state index in [0.29, 0.717) is 37.9 Å². The minimum Gasteiger partial charge on any atom is -0.477 e. The van der Waals surface area contributed by atoms with Gasteiger partial charge < -0.3 is 31.4 Å². The second-order valence-corrected chi connectivity index (χ2v) is 6.74. The zero-order valence-electron chi connectivity index (χ0n) is 16.2. The van der Waals surface area contributed by atoms with Crippen molar-refractivity contribution >= 4 is 23.5 Å². The van der Waals surface area contributed by atoms with Crippen LogP contribution in [0, 0.1) is 0 Å². The Morgan fingerprint density at radius 1 is 1.24 bits per heavy atom. The third kappa shape index (κ3) is 5.30. The normalized spacial score (nSPS) is 17.3. The molecule has 29 heavy (non-hydrogen) atoms. The van der Waals surface area contributed by atoms with E-state index in [1.807, 2.05) is 0 Å². The summed E-state index contributed by atoms with van der Waals surface area (Å²) in [6.07, 6.45) is 0.932. The molecule has 1 aromatic rings. The van der Waals surface area contributed by atoms with Gasteiger partial charge in [-0.05, 0) is 44.5 Å². The summed E-state index contributed by atoms with van der Waals surface area (Å²) in [5.41, 5.74) is 3.51. The van der Waals surface area contributed by atoms with Gasteiger partial charge in [0, 0.05) is 17.5 Å². The molecule has 1 aliphatic rings. The summed E-state index contributed by atoms with van der Waals surface area (Å²) in [6.45, 7) is 3.00. The van der Waals surface area contributed by atoms with Crippen molar-refractivity contribution in [3.63, 3.8) is 0 Å². The molecular weight excluding hydrogens is 380 g/mol. The predicted octanol–water partition coefficient (Wildman–Crippen LogP) is 0.430. The van der Waals surface area contributed by atoms with Crippen LogP contribution < -0.4 is 16.4 Å². The summed E-state index contributed by atoms with van der Waals surface area (Å²) in [4.78, 5) is 37.6. The number of ether oxygens (including phenoxy) is 1. The summed E-state index contributed by atoms with van der Waals surface area (Å²) >= 11 is 0. The number of aliphatic carboxylic acids is 1. The minimum atomic E-state index is -2.46. The Labute approximate surface area is 168 Å². The Bertz CT molecular complexity index is 773. The second-order valence-electron chi connectivity index (χ2n) is 6.74. The van der Waals surface area contributed by atoms with Crippen LogP contribution >= 0.6 is 0 Å². The zero-order chi connectivity index (χ0) is 21.4. The number of carbonyl (C=O) groups is 3. The van der Waals surface area contributed by atoms with Crippen molar-refractivity contribution in [3.05, 3.63) is 35.4 Å². The number of carboxylic acid groups (broad SMARTS) is 1. The van der Waals surface area contributed by atoms with E-state index in [9.17, 15) is 19.5 Å². The molecule has 10 heteroatoms. The number of amides is 1. The number of hydrogen-bond acceptors (Lipinski definition) is 7. The molecule has 158 valence electrons. The highest BCUT2D eigenvalue weighted by Crippen LogP contribution is 2.21. The molecule has 1 saturated heterocycles. The van der Waals surface area contributed by atoms with Crippen molar-refractivity contribution in [2.75, 3.05) is 13.1 Å². The molecular formula is C19H26N4O6. The lowest BCUT2D eigenvalue weighted by Gasteiger charge is -2.34. The first-order valence-corrected chi connectivity index (χ1v) is 9.39. The number of benzene rings is 1. The van der Waals surface area contributed by atoms with Gasteiger partial charge in [0.2, 0.25) is 0 Å². The van der Waals surface area contributed by atoms with Gasteiger partial charge in [0.25, 0.3) is 5.91 Å². The SMILES string of the molecule is CCCC(=O)C(NC(=O)c1ccc(C(N)=NO)cc1)(OC1CCNCC1)C(=O)O. The van der Waals surface area contributed by atoms with Crippen molar-refractivity contribution in [3.8, 4) is 0 Å². The fourth-order valence-corrected chi connectivity index (χ4v) is 3.04. The van der Waals surface area contributed by atoms with Gasteiger partial charge in [-0.3, -0.25) is 9.59 Å². The lowest BCUT2D eigenvalue weighted by Crippen LogP contribution is -2.63. The number of carbonyl (C=O) groups excluding carboxylic acids is 2. The van der Waals surface area contributed by atoms with E-state index in [1.165, 1.54) is 24.3 Å². The van der Waals surface area contributed by atoms with Gasteiger partial charge >= 0.3 is 11.7 Å². The van der Waals surface area contributed by atoms with Crippen LogP contribution in [0.2, 0.25) is 0 Å². The number of amidine groups is 1. The van der Waals surface area contributed by atoms with E-state index >= 15 is 0 Å². The molecule has 10 nitrogen and oxygen atoms in total. The summed E-state index contributed by atoms with van der Waals surface area (Å²) in [6, 6.07) is 5.64. The number of nitrogens with one attached hydrogen (secondary N) is 2. The molecule has 0 saturated carbocycles. The average Bonchev–Trinajstić information content (AvgIpc) is 2.73. The number of nitrogens with zero attached hydrogens (tertiary/aromatic N) is 1. The molecule has 0 spiro atoms. The standard InChI is InChI=1S/C19H26N4O6/c1-2-3-15(24)19(18(26)27,29-14-8-10-21-11-9-14)22-17(25)13-6-4-12(5-7-13)16(20)23-28/h4-7,14,21,28H,2-3,8-11H2,1H3,(H2,20,23)(H,22,25)(H,26,27). The highest BCUT2D eigenvalue weighted by molar-refractivity contribution is 6.11. The number of oxime groups is 1. The smallest absolute Gasteiger partial charge is 0.365 e. The molecule has 1 aromatic carbocycles. The van der Waals surface area contributed by atoms with Crippen molar-refractivity contribution in [1.29, 1.82) is 0 Å². The number of rotatable bonds is 9. The number of nitrogens with two attached hydrogens (primary N) is 1. The second kappa shape index (κ2) is 9.99. The van der Waals surface area contributed by atoms with Gasteiger partial charge in [-0.2, -0.15) is 0 Å². The number of piperidine rings is 1. The highest BCUT2D eigenvalue weighted by atomic mass is 16.6. The summed E-state index contributed by atoms with van der Waals surface area (Å²) < 4.78 is 5.73. The van der Waals surface area contributed by atoms with Gasteiger partial charge in [-0.15, -0.1) is 0 Å². The molecule has 0 aliphatic carbocycles. The first-order chi connectivity index (χ1) is 13.8. The summed E-state index contributed by atoms with van der Waals surface area (Å²) in [5, 5.41) is 26.9. The molecule has 2 rings (SSSR count). The van der Waals surface area contributed by atoms with Gasteiger partial charge in [0.15, 0.2) is 11.6 Å². The molecule has 1 unspecified atom stereocenters. The number of hydrogen-bond donors (Lipinski definition) is 5. The Morgan fingerprint density at radius 2 is 1.83 bits per heavy atom. The van der Waals surface area contributed by atoms with Gasteiger partial charge in [0.1, 0.15) is 0 Å². The number of ketones is 1. The van der Waals surface area contributed by atoms with Crippen LogP contribution in [0.25, 0.3) is 0 Å². The van der Waals surface area contributed by atoms with Crippen LogP contribution in [0.3, 0.4) is 0 Å². The lowest BCUT2D eigenvalue weighted by molar-refractivity contribution is -0.185. The first-order valence-electron chi connectivity index (χ1n) is 9.39. The maximum absolute atomic E-state index is 12.7. The van der Waals surface area contributed by atoms with Crippen LogP contribution in [-0.4, -0.2) is 58.7 Å². The monoisotopic (exact) mass is 406 g/mol. The Morgan fingerprint density at radius 3 is 2.34 bits per heavy atom. The van der Waals surface area contributed by atoms with Gasteiger partial charge in [-0.25, -0.2) is 4.79 Å². The summed E-state index contributed by atoms with van der Waals surface area (Å²) in [5.74, 6) is -3.19. The highest BCUT2D eigenvalue weighted by Gasteiger charge is 2.50. The van der Waals surface area contributed by atoms with Crippen molar-refractivity contribution in [1.82, 2.24) is 10.6 Å². The summed E-state index contributed by atoms with van der Waals surface area (Å²) in [7, 11) is 0. The molecule has 0 aromatic heterocycles. The maximum Gasteiger partial charge on any atom is 0.365 e. The third-order valence-corrected chi connectivity index (χ3v) is 4.64. The largest absolute Gasteiger partial charge is 0.477 e. The lowest BCUT2D eigenvalue weighted by atomic mass is 10.0. The fourth-order valence-electron chi connectivity index (χ4n) is 3.04. The average molecular weight is 406 g/mol. The van der Waals surface area contributed by atoms with E-state index in [0.717, 1.165) is 0 Å². The first kappa shape index (κ1) is 22.3. The van der Waals surface area contributed by atoms with Gasteiger partial charge in [0.05, 0.1) is 6.10 Å². The number of Topliss-reactive ketones (excluding diaryl/α,β-unsaturated/α-hetero) is 1. The van der Waals surface area contributed by atoms with E-state index < -0.39 is 29.5 Å². The van der Waals surface area contributed by atoms with Crippen LogP contribution in [0.15, 0.2) is 29.4 Å². The van der Waals surface area contributed by atoms with E-state index in [4.69, 9.17) is 15.7 Å². The van der Waals surface area contributed by atoms with Crippen LogP contribution in [0.4, 0.5) is 0 Å².